The lowest BCUT2D eigenvalue weighted by atomic mass is 10.2. The Hall–Kier alpha value is -2.39. The Kier molecular flexibility index (Phi) is 3.82. The molecule has 0 fully saturated rings. The monoisotopic (exact) mass is 339 g/mol. The lowest BCUT2D eigenvalue weighted by molar-refractivity contribution is 0.102. The van der Waals surface area contributed by atoms with Crippen LogP contribution in [0.4, 0.5) is 5.69 Å². The summed E-state index contributed by atoms with van der Waals surface area (Å²) >= 11 is 7.15. The smallest absolute Gasteiger partial charge is 0.286 e. The molecule has 0 unspecified atom stereocenters. The van der Waals surface area contributed by atoms with Crippen molar-refractivity contribution in [3.63, 3.8) is 0 Å². The Bertz CT molecular complexity index is 818. The molecular formula is C12H10ClN5O3S. The quantitative estimate of drug-likeness (QED) is 0.782. The fourth-order valence-electron chi connectivity index (χ4n) is 1.79. The molecule has 0 aliphatic rings. The van der Waals surface area contributed by atoms with Gasteiger partial charge in [0.1, 0.15) is 17.8 Å². The first-order chi connectivity index (χ1) is 10.6. The van der Waals surface area contributed by atoms with Crippen LogP contribution in [0.25, 0.3) is 4.96 Å². The van der Waals surface area contributed by atoms with Gasteiger partial charge in [-0.15, -0.1) is 15.3 Å². The van der Waals surface area contributed by atoms with Gasteiger partial charge in [0.2, 0.25) is 9.97 Å². The molecule has 10 heteroatoms. The van der Waals surface area contributed by atoms with Gasteiger partial charge >= 0.3 is 0 Å². The van der Waals surface area contributed by atoms with Crippen LogP contribution in [0.3, 0.4) is 0 Å². The number of methoxy groups -OCH3 is 2. The first kappa shape index (κ1) is 14.5. The standard InChI is InChI=1S/C12H10ClN5O3S/c1-20-8-4-7(9(21-2)3-6(8)13)15-10(19)11-17-18-5-14-16-12(18)22-11/h3-5H,1-2H3,(H,15,19). The number of hydrogen-bond acceptors (Lipinski definition) is 7. The summed E-state index contributed by atoms with van der Waals surface area (Å²) in [5.74, 6) is 0.455. The molecule has 2 aromatic heterocycles. The molecule has 8 nitrogen and oxygen atoms in total. The van der Waals surface area contributed by atoms with E-state index in [2.05, 4.69) is 20.6 Å². The third kappa shape index (κ3) is 2.55. The first-order valence-corrected chi connectivity index (χ1v) is 7.21. The van der Waals surface area contributed by atoms with Crippen molar-refractivity contribution in [2.24, 2.45) is 0 Å². The van der Waals surface area contributed by atoms with E-state index in [0.717, 1.165) is 11.3 Å². The van der Waals surface area contributed by atoms with Crippen molar-refractivity contribution in [2.75, 3.05) is 19.5 Å². The van der Waals surface area contributed by atoms with E-state index in [1.54, 1.807) is 12.1 Å². The normalized spacial score (nSPS) is 10.7. The Balaban J connectivity index is 1.91. The second-order valence-corrected chi connectivity index (χ2v) is 5.47. The SMILES string of the molecule is COc1cc(NC(=O)c2nn3cnnc3s2)c(OC)cc1Cl. The Morgan fingerprint density at radius 2 is 2.09 bits per heavy atom. The number of anilines is 1. The number of rotatable bonds is 4. The van der Waals surface area contributed by atoms with Crippen molar-refractivity contribution in [3.8, 4) is 11.5 Å². The van der Waals surface area contributed by atoms with E-state index in [0.29, 0.717) is 27.2 Å². The zero-order valence-corrected chi connectivity index (χ0v) is 13.1. The number of carbonyl (C=O) groups is 1. The maximum atomic E-state index is 12.3. The second-order valence-electron chi connectivity index (χ2n) is 4.11. The molecule has 2 heterocycles. The summed E-state index contributed by atoms with van der Waals surface area (Å²) in [4.78, 5) is 12.8. The van der Waals surface area contributed by atoms with Crippen molar-refractivity contribution in [2.45, 2.75) is 0 Å². The van der Waals surface area contributed by atoms with Crippen LogP contribution in [-0.4, -0.2) is 39.9 Å². The van der Waals surface area contributed by atoms with Gasteiger partial charge in [-0.1, -0.05) is 22.9 Å². The summed E-state index contributed by atoms with van der Waals surface area (Å²) < 4.78 is 11.8. The third-order valence-corrected chi connectivity index (χ3v) is 4.01. The van der Waals surface area contributed by atoms with Crippen molar-refractivity contribution in [1.82, 2.24) is 19.8 Å². The number of nitrogens with zero attached hydrogens (tertiary/aromatic N) is 4. The summed E-state index contributed by atoms with van der Waals surface area (Å²) in [5, 5.41) is 14.9. The molecule has 114 valence electrons. The summed E-state index contributed by atoms with van der Waals surface area (Å²) in [6.07, 6.45) is 1.43. The Morgan fingerprint density at radius 1 is 1.32 bits per heavy atom. The van der Waals surface area contributed by atoms with Gasteiger partial charge in [-0.25, -0.2) is 0 Å². The van der Waals surface area contributed by atoms with Crippen LogP contribution in [0, 0.1) is 0 Å². The van der Waals surface area contributed by atoms with E-state index in [-0.39, 0.29) is 5.01 Å². The number of carbonyl (C=O) groups excluding carboxylic acids is 1. The van der Waals surface area contributed by atoms with Crippen molar-refractivity contribution < 1.29 is 14.3 Å². The minimum absolute atomic E-state index is 0.251. The predicted molar refractivity (Wildman–Crippen MR) is 81.2 cm³/mol. The summed E-state index contributed by atoms with van der Waals surface area (Å²) in [7, 11) is 2.97. The van der Waals surface area contributed by atoms with Crippen molar-refractivity contribution in [1.29, 1.82) is 0 Å². The molecule has 1 aromatic carbocycles. The zero-order chi connectivity index (χ0) is 15.7. The molecule has 3 aromatic rings. The van der Waals surface area contributed by atoms with Gasteiger partial charge in [0.25, 0.3) is 5.91 Å². The molecule has 0 spiro atoms. The largest absolute Gasteiger partial charge is 0.495 e. The first-order valence-electron chi connectivity index (χ1n) is 6.02. The average Bonchev–Trinajstić information content (AvgIpc) is 3.09. The Morgan fingerprint density at radius 3 is 2.77 bits per heavy atom. The van der Waals surface area contributed by atoms with Crippen LogP contribution < -0.4 is 14.8 Å². The average molecular weight is 340 g/mol. The highest BCUT2D eigenvalue weighted by Gasteiger charge is 2.17. The summed E-state index contributed by atoms with van der Waals surface area (Å²) in [6, 6.07) is 3.15. The molecule has 1 N–H and O–H groups in total. The molecular weight excluding hydrogens is 330 g/mol. The predicted octanol–water partition coefficient (Wildman–Crippen LogP) is 2.11. The minimum Gasteiger partial charge on any atom is -0.495 e. The molecule has 0 bridgehead atoms. The van der Waals surface area contributed by atoms with Gasteiger partial charge in [0.15, 0.2) is 0 Å². The van der Waals surface area contributed by atoms with Gasteiger partial charge in [0.05, 0.1) is 24.9 Å². The fraction of sp³-hybridized carbons (Fsp3) is 0.167. The second kappa shape index (κ2) is 5.78. The van der Waals surface area contributed by atoms with Gasteiger partial charge < -0.3 is 14.8 Å². The van der Waals surface area contributed by atoms with Crippen LogP contribution in [0.1, 0.15) is 9.80 Å². The van der Waals surface area contributed by atoms with E-state index in [1.807, 2.05) is 0 Å². The molecule has 0 saturated heterocycles. The highest BCUT2D eigenvalue weighted by atomic mass is 35.5. The van der Waals surface area contributed by atoms with Crippen LogP contribution in [0.5, 0.6) is 11.5 Å². The van der Waals surface area contributed by atoms with E-state index < -0.39 is 5.91 Å². The molecule has 0 saturated carbocycles. The van der Waals surface area contributed by atoms with Crippen LogP contribution in [-0.2, 0) is 0 Å². The van der Waals surface area contributed by atoms with E-state index in [9.17, 15) is 4.79 Å². The lowest BCUT2D eigenvalue weighted by Crippen LogP contribution is -2.13. The Labute approximate surface area is 133 Å². The number of fused-ring (bicyclic) bond motifs is 1. The molecule has 3 rings (SSSR count). The number of ether oxygens (including phenoxy) is 2. The topological polar surface area (TPSA) is 90.6 Å². The molecule has 0 aliphatic carbocycles. The fourth-order valence-corrected chi connectivity index (χ4v) is 2.73. The minimum atomic E-state index is -0.391. The summed E-state index contributed by atoms with van der Waals surface area (Å²) in [6.45, 7) is 0. The molecule has 22 heavy (non-hydrogen) atoms. The number of nitrogens with one attached hydrogen (secondary N) is 1. The number of aromatic nitrogens is 4. The van der Waals surface area contributed by atoms with Crippen molar-refractivity contribution in [3.05, 3.63) is 28.5 Å². The molecule has 1 amide bonds. The van der Waals surface area contributed by atoms with E-state index in [4.69, 9.17) is 21.1 Å². The highest BCUT2D eigenvalue weighted by molar-refractivity contribution is 7.18. The van der Waals surface area contributed by atoms with Crippen LogP contribution >= 0.6 is 22.9 Å². The van der Waals surface area contributed by atoms with Gasteiger partial charge in [0, 0.05) is 12.1 Å². The molecule has 0 aliphatic heterocycles. The highest BCUT2D eigenvalue weighted by Crippen LogP contribution is 2.36. The molecule has 0 radical (unpaired) electrons. The van der Waals surface area contributed by atoms with Crippen molar-refractivity contribution >= 4 is 39.5 Å². The molecule has 0 atom stereocenters. The van der Waals surface area contributed by atoms with E-state index >= 15 is 0 Å². The number of halogens is 1. The lowest BCUT2D eigenvalue weighted by Gasteiger charge is -2.12. The summed E-state index contributed by atoms with van der Waals surface area (Å²) in [5.41, 5.74) is 0.430. The maximum absolute atomic E-state index is 12.3. The number of amides is 1. The van der Waals surface area contributed by atoms with Gasteiger partial charge in [-0.2, -0.15) is 4.52 Å². The van der Waals surface area contributed by atoms with Gasteiger partial charge in [-0.3, -0.25) is 4.79 Å². The third-order valence-electron chi connectivity index (χ3n) is 2.80. The zero-order valence-electron chi connectivity index (χ0n) is 11.5. The number of hydrogen-bond donors (Lipinski definition) is 1. The maximum Gasteiger partial charge on any atom is 0.286 e. The number of benzene rings is 1. The van der Waals surface area contributed by atoms with Crippen LogP contribution in [0.15, 0.2) is 18.5 Å². The van der Waals surface area contributed by atoms with E-state index in [1.165, 1.54) is 25.1 Å². The van der Waals surface area contributed by atoms with Crippen LogP contribution in [0.2, 0.25) is 5.02 Å². The van der Waals surface area contributed by atoms with Gasteiger partial charge in [-0.05, 0) is 0 Å².